The van der Waals surface area contributed by atoms with Crippen LogP contribution < -0.4 is 10.6 Å². The summed E-state index contributed by atoms with van der Waals surface area (Å²) >= 11 is 0. The predicted molar refractivity (Wildman–Crippen MR) is 74.3 cm³/mol. The second-order valence-electron chi connectivity index (χ2n) is 4.30. The molecule has 3 rings (SSSR count). The van der Waals surface area contributed by atoms with Gasteiger partial charge >= 0.3 is 6.03 Å². The molecule has 2 heterocycles. The van der Waals surface area contributed by atoms with E-state index in [1.165, 1.54) is 0 Å². The molecule has 6 heteroatoms. The summed E-state index contributed by atoms with van der Waals surface area (Å²) in [5, 5.41) is 13.2. The summed E-state index contributed by atoms with van der Waals surface area (Å²) < 4.78 is 0. The molecule has 0 radical (unpaired) electrons. The predicted octanol–water partition coefficient (Wildman–Crippen LogP) is 2.84. The summed E-state index contributed by atoms with van der Waals surface area (Å²) in [7, 11) is 0. The van der Waals surface area contributed by atoms with Crippen molar-refractivity contribution in [2.24, 2.45) is 0 Å². The summed E-state index contributed by atoms with van der Waals surface area (Å²) in [6.45, 7) is 1.87. The van der Waals surface area contributed by atoms with Crippen LogP contribution in [0.4, 0.5) is 16.3 Å². The Labute approximate surface area is 109 Å². The molecule has 4 N–H and O–H groups in total. The Morgan fingerprint density at radius 1 is 1.21 bits per heavy atom. The van der Waals surface area contributed by atoms with E-state index >= 15 is 0 Å². The lowest BCUT2D eigenvalue weighted by Gasteiger charge is -2.05. The summed E-state index contributed by atoms with van der Waals surface area (Å²) in [6.07, 6.45) is 1.86. The van der Waals surface area contributed by atoms with Gasteiger partial charge in [-0.15, -0.1) is 0 Å². The number of amides is 2. The first kappa shape index (κ1) is 11.3. The fourth-order valence-corrected chi connectivity index (χ4v) is 1.89. The lowest BCUT2D eigenvalue weighted by molar-refractivity contribution is 0.262. The average molecular weight is 255 g/mol. The first-order valence-electron chi connectivity index (χ1n) is 5.88. The van der Waals surface area contributed by atoms with Gasteiger partial charge in [-0.3, -0.25) is 10.4 Å². The maximum absolute atomic E-state index is 11.8. The largest absolute Gasteiger partial charge is 0.361 e. The number of aromatic nitrogens is 3. The maximum Gasteiger partial charge on any atom is 0.324 e. The van der Waals surface area contributed by atoms with Crippen LogP contribution in [0.3, 0.4) is 0 Å². The number of H-pyrrole nitrogens is 2. The van der Waals surface area contributed by atoms with E-state index in [2.05, 4.69) is 25.8 Å². The van der Waals surface area contributed by atoms with Crippen molar-refractivity contribution in [1.82, 2.24) is 15.2 Å². The van der Waals surface area contributed by atoms with Crippen molar-refractivity contribution in [1.29, 1.82) is 0 Å². The van der Waals surface area contributed by atoms with Gasteiger partial charge in [-0.2, -0.15) is 5.10 Å². The number of carbonyl (C=O) groups is 1. The van der Waals surface area contributed by atoms with E-state index in [4.69, 9.17) is 0 Å². The van der Waals surface area contributed by atoms with Crippen LogP contribution in [0.25, 0.3) is 10.9 Å². The molecule has 96 valence electrons. The maximum atomic E-state index is 11.8. The zero-order valence-corrected chi connectivity index (χ0v) is 10.3. The van der Waals surface area contributed by atoms with Crippen molar-refractivity contribution < 1.29 is 4.79 Å². The molecule has 0 unspecified atom stereocenters. The highest BCUT2D eigenvalue weighted by Gasteiger charge is 2.05. The van der Waals surface area contributed by atoms with E-state index in [1.54, 1.807) is 6.07 Å². The van der Waals surface area contributed by atoms with Crippen LogP contribution >= 0.6 is 0 Å². The first-order chi connectivity index (χ1) is 9.20. The molecule has 6 nitrogen and oxygen atoms in total. The Kier molecular flexibility index (Phi) is 2.68. The van der Waals surface area contributed by atoms with Gasteiger partial charge in [0.2, 0.25) is 0 Å². The van der Waals surface area contributed by atoms with Crippen LogP contribution in [-0.2, 0) is 0 Å². The Hall–Kier alpha value is -2.76. The number of carbonyl (C=O) groups excluding carboxylic acids is 1. The molecular formula is C13H13N5O. The lowest BCUT2D eigenvalue weighted by atomic mass is 10.2. The highest BCUT2D eigenvalue weighted by Crippen LogP contribution is 2.17. The second-order valence-corrected chi connectivity index (χ2v) is 4.30. The third-order valence-corrected chi connectivity index (χ3v) is 2.76. The molecule has 0 aliphatic carbocycles. The molecule has 19 heavy (non-hydrogen) atoms. The number of hydrogen-bond donors (Lipinski definition) is 4. The number of benzene rings is 1. The molecular weight excluding hydrogens is 242 g/mol. The number of hydrogen-bond acceptors (Lipinski definition) is 2. The van der Waals surface area contributed by atoms with Crippen LogP contribution in [0.5, 0.6) is 0 Å². The minimum absolute atomic E-state index is 0.322. The molecule has 0 aliphatic heterocycles. The fraction of sp³-hybridized carbons (Fsp3) is 0.0769. The molecule has 2 amide bonds. The third kappa shape index (κ3) is 2.42. The standard InChI is InChI=1S/C13H13N5O/c1-8-6-12(18-17-8)16-13(19)15-10-3-2-9-4-5-14-11(9)7-10/h2-7,14H,1H3,(H3,15,16,17,18,19). The van der Waals surface area contributed by atoms with Crippen LogP contribution in [-0.4, -0.2) is 21.2 Å². The van der Waals surface area contributed by atoms with E-state index in [-0.39, 0.29) is 6.03 Å². The van der Waals surface area contributed by atoms with E-state index < -0.39 is 0 Å². The van der Waals surface area contributed by atoms with Crippen molar-refractivity contribution in [3.05, 3.63) is 42.2 Å². The topological polar surface area (TPSA) is 85.6 Å². The smallest absolute Gasteiger partial charge is 0.324 e. The Morgan fingerprint density at radius 2 is 2.11 bits per heavy atom. The van der Waals surface area contributed by atoms with Crippen LogP contribution in [0.15, 0.2) is 36.5 Å². The zero-order valence-electron chi connectivity index (χ0n) is 10.3. The highest BCUT2D eigenvalue weighted by molar-refractivity contribution is 6.00. The van der Waals surface area contributed by atoms with E-state index in [0.29, 0.717) is 5.82 Å². The molecule has 1 aromatic carbocycles. The van der Waals surface area contributed by atoms with Gasteiger partial charge in [-0.1, -0.05) is 6.07 Å². The molecule has 0 fully saturated rings. The zero-order chi connectivity index (χ0) is 13.2. The van der Waals surface area contributed by atoms with Crippen molar-refractivity contribution in [3.63, 3.8) is 0 Å². The van der Waals surface area contributed by atoms with Crippen molar-refractivity contribution in [2.45, 2.75) is 6.92 Å². The number of anilines is 2. The minimum atomic E-state index is -0.322. The van der Waals surface area contributed by atoms with E-state index in [0.717, 1.165) is 22.3 Å². The summed E-state index contributed by atoms with van der Waals surface area (Å²) in [5.41, 5.74) is 2.59. The Balaban J connectivity index is 1.71. The first-order valence-corrected chi connectivity index (χ1v) is 5.88. The van der Waals surface area contributed by atoms with Gasteiger partial charge in [0.05, 0.1) is 0 Å². The van der Waals surface area contributed by atoms with E-state index in [1.807, 2.05) is 37.4 Å². The highest BCUT2D eigenvalue weighted by atomic mass is 16.2. The van der Waals surface area contributed by atoms with Gasteiger partial charge in [0.15, 0.2) is 5.82 Å². The Bertz CT molecular complexity index is 727. The number of aromatic amines is 2. The number of aryl methyl sites for hydroxylation is 1. The SMILES string of the molecule is Cc1cc(NC(=O)Nc2ccc3cc[nH]c3c2)n[nH]1. The van der Waals surface area contributed by atoms with Crippen LogP contribution in [0.1, 0.15) is 5.69 Å². The van der Waals surface area contributed by atoms with Gasteiger partial charge in [0.1, 0.15) is 0 Å². The number of fused-ring (bicyclic) bond motifs is 1. The van der Waals surface area contributed by atoms with Crippen molar-refractivity contribution in [2.75, 3.05) is 10.6 Å². The second kappa shape index (κ2) is 4.49. The number of rotatable bonds is 2. The fourth-order valence-electron chi connectivity index (χ4n) is 1.89. The summed E-state index contributed by atoms with van der Waals surface area (Å²) in [6, 6.07) is 9.09. The monoisotopic (exact) mass is 255 g/mol. The van der Waals surface area contributed by atoms with Crippen LogP contribution in [0, 0.1) is 6.92 Å². The quantitative estimate of drug-likeness (QED) is 0.567. The lowest BCUT2D eigenvalue weighted by Crippen LogP contribution is -2.19. The van der Waals surface area contributed by atoms with Gasteiger partial charge in [-0.05, 0) is 30.5 Å². The number of urea groups is 1. The average Bonchev–Trinajstić information content (AvgIpc) is 2.97. The molecule has 0 saturated carbocycles. The molecule has 0 atom stereocenters. The minimum Gasteiger partial charge on any atom is -0.361 e. The molecule has 2 aromatic heterocycles. The Morgan fingerprint density at radius 3 is 2.89 bits per heavy atom. The van der Waals surface area contributed by atoms with Gasteiger partial charge < -0.3 is 10.3 Å². The molecule has 0 bridgehead atoms. The third-order valence-electron chi connectivity index (χ3n) is 2.76. The van der Waals surface area contributed by atoms with E-state index in [9.17, 15) is 4.79 Å². The molecule has 0 spiro atoms. The summed E-state index contributed by atoms with van der Waals surface area (Å²) in [4.78, 5) is 14.9. The summed E-state index contributed by atoms with van der Waals surface area (Å²) in [5.74, 6) is 0.496. The van der Waals surface area contributed by atoms with Crippen LogP contribution in [0.2, 0.25) is 0 Å². The van der Waals surface area contributed by atoms with Crippen molar-refractivity contribution >= 4 is 28.4 Å². The number of nitrogens with one attached hydrogen (secondary N) is 4. The molecule has 0 saturated heterocycles. The van der Waals surface area contributed by atoms with Gasteiger partial charge in [-0.25, -0.2) is 4.79 Å². The molecule has 0 aliphatic rings. The molecule has 3 aromatic rings. The number of nitrogens with zero attached hydrogens (tertiary/aromatic N) is 1. The van der Waals surface area contributed by atoms with Gasteiger partial charge in [0, 0.05) is 29.2 Å². The van der Waals surface area contributed by atoms with Crippen molar-refractivity contribution in [3.8, 4) is 0 Å². The van der Waals surface area contributed by atoms with Gasteiger partial charge in [0.25, 0.3) is 0 Å². The normalized spacial score (nSPS) is 10.6.